The van der Waals surface area contributed by atoms with Gasteiger partial charge in [-0.15, -0.1) is 0 Å². The minimum atomic E-state index is -0.279. The lowest BCUT2D eigenvalue weighted by Crippen LogP contribution is -2.16. The van der Waals surface area contributed by atoms with Gasteiger partial charge in [-0.2, -0.15) is 0 Å². The molecule has 1 heterocycles. The highest BCUT2D eigenvalue weighted by molar-refractivity contribution is 9.10. The van der Waals surface area contributed by atoms with E-state index in [1.54, 1.807) is 12.3 Å². The summed E-state index contributed by atoms with van der Waals surface area (Å²) < 4.78 is 15.9. The van der Waals surface area contributed by atoms with Gasteiger partial charge in [-0.25, -0.2) is 9.37 Å². The molecular formula is C12H13BrFN3. The summed E-state index contributed by atoms with van der Waals surface area (Å²) in [5.41, 5.74) is 6.83. The van der Waals surface area contributed by atoms with Crippen molar-refractivity contribution >= 4 is 15.9 Å². The monoisotopic (exact) mass is 297 g/mol. The van der Waals surface area contributed by atoms with Crippen molar-refractivity contribution < 1.29 is 4.39 Å². The van der Waals surface area contributed by atoms with E-state index in [0.29, 0.717) is 6.42 Å². The van der Waals surface area contributed by atoms with Crippen molar-refractivity contribution in [1.29, 1.82) is 0 Å². The number of aromatic nitrogens is 2. The summed E-state index contributed by atoms with van der Waals surface area (Å²) in [7, 11) is 1.91. The van der Waals surface area contributed by atoms with Gasteiger partial charge in [0, 0.05) is 36.4 Å². The minimum absolute atomic E-state index is 0.277. The molecule has 0 aliphatic carbocycles. The van der Waals surface area contributed by atoms with Gasteiger partial charge in [-0.3, -0.25) is 0 Å². The Morgan fingerprint density at radius 1 is 1.53 bits per heavy atom. The van der Waals surface area contributed by atoms with Crippen LogP contribution in [0.5, 0.6) is 0 Å². The highest BCUT2D eigenvalue weighted by atomic mass is 79.9. The summed E-state index contributed by atoms with van der Waals surface area (Å²) in [5, 5.41) is 0. The van der Waals surface area contributed by atoms with Crippen molar-refractivity contribution in [3.63, 3.8) is 0 Å². The zero-order valence-corrected chi connectivity index (χ0v) is 11.0. The zero-order chi connectivity index (χ0) is 12.4. The second kappa shape index (κ2) is 4.98. The van der Waals surface area contributed by atoms with Crippen molar-refractivity contribution in [1.82, 2.24) is 9.55 Å². The number of hydrogen-bond acceptors (Lipinski definition) is 2. The first kappa shape index (κ1) is 12.3. The Balaban J connectivity index is 2.23. The Hall–Kier alpha value is -1.20. The maximum atomic E-state index is 13.2. The van der Waals surface area contributed by atoms with Crippen LogP contribution < -0.4 is 5.73 Å². The molecule has 1 aromatic heterocycles. The quantitative estimate of drug-likeness (QED) is 0.946. The average molecular weight is 298 g/mol. The Morgan fingerprint density at radius 3 is 2.94 bits per heavy atom. The molecule has 2 aromatic rings. The van der Waals surface area contributed by atoms with Gasteiger partial charge in [0.15, 0.2) is 0 Å². The molecule has 0 radical (unpaired) electrons. The van der Waals surface area contributed by atoms with E-state index in [9.17, 15) is 4.39 Å². The molecule has 0 aliphatic heterocycles. The topological polar surface area (TPSA) is 43.8 Å². The molecule has 90 valence electrons. The van der Waals surface area contributed by atoms with E-state index >= 15 is 0 Å². The smallest absolute Gasteiger partial charge is 0.123 e. The number of hydrogen-bond donors (Lipinski definition) is 1. The fourth-order valence-corrected chi connectivity index (χ4v) is 2.24. The van der Waals surface area contributed by atoms with E-state index in [4.69, 9.17) is 5.73 Å². The SMILES string of the molecule is Cn1ccnc1CC(N)c1cc(F)ccc1Br. The molecule has 2 rings (SSSR count). The van der Waals surface area contributed by atoms with E-state index in [1.807, 2.05) is 17.8 Å². The van der Waals surface area contributed by atoms with Crippen LogP contribution in [0.15, 0.2) is 35.1 Å². The molecule has 0 saturated heterocycles. The Labute approximate surface area is 108 Å². The van der Waals surface area contributed by atoms with Gasteiger partial charge in [0.2, 0.25) is 0 Å². The van der Waals surface area contributed by atoms with E-state index in [-0.39, 0.29) is 11.9 Å². The van der Waals surface area contributed by atoms with Crippen LogP contribution in [0.1, 0.15) is 17.4 Å². The van der Waals surface area contributed by atoms with Crippen molar-refractivity contribution in [2.24, 2.45) is 12.8 Å². The van der Waals surface area contributed by atoms with Gasteiger partial charge < -0.3 is 10.3 Å². The molecule has 1 atom stereocenters. The van der Waals surface area contributed by atoms with Crippen molar-refractivity contribution in [3.05, 3.63) is 52.3 Å². The number of benzene rings is 1. The minimum Gasteiger partial charge on any atom is -0.338 e. The number of nitrogens with zero attached hydrogens (tertiary/aromatic N) is 2. The highest BCUT2D eigenvalue weighted by Gasteiger charge is 2.13. The third kappa shape index (κ3) is 2.73. The number of nitrogens with two attached hydrogens (primary N) is 1. The van der Waals surface area contributed by atoms with Gasteiger partial charge in [-0.1, -0.05) is 15.9 Å². The molecule has 5 heteroatoms. The van der Waals surface area contributed by atoms with Gasteiger partial charge >= 0.3 is 0 Å². The first-order valence-electron chi connectivity index (χ1n) is 5.24. The van der Waals surface area contributed by atoms with E-state index in [1.165, 1.54) is 12.1 Å². The molecule has 0 fully saturated rings. The lowest BCUT2D eigenvalue weighted by Gasteiger charge is -2.13. The third-order valence-electron chi connectivity index (χ3n) is 2.68. The van der Waals surface area contributed by atoms with E-state index < -0.39 is 0 Å². The summed E-state index contributed by atoms with van der Waals surface area (Å²) in [5.74, 6) is 0.604. The second-order valence-electron chi connectivity index (χ2n) is 3.93. The summed E-state index contributed by atoms with van der Waals surface area (Å²) >= 11 is 3.38. The van der Waals surface area contributed by atoms with Gasteiger partial charge in [-0.05, 0) is 23.8 Å². The second-order valence-corrected chi connectivity index (χ2v) is 4.79. The van der Waals surface area contributed by atoms with Crippen molar-refractivity contribution in [2.75, 3.05) is 0 Å². The fourth-order valence-electron chi connectivity index (χ4n) is 1.70. The molecule has 0 aliphatic rings. The first-order chi connectivity index (χ1) is 8.08. The van der Waals surface area contributed by atoms with Crippen LogP contribution in [-0.4, -0.2) is 9.55 Å². The molecule has 0 saturated carbocycles. The van der Waals surface area contributed by atoms with Crippen LogP contribution in [0, 0.1) is 5.82 Å². The number of halogens is 2. The summed E-state index contributed by atoms with van der Waals surface area (Å²) in [6.07, 6.45) is 4.16. The Morgan fingerprint density at radius 2 is 2.29 bits per heavy atom. The predicted octanol–water partition coefficient (Wildman–Crippen LogP) is 2.56. The van der Waals surface area contributed by atoms with E-state index in [2.05, 4.69) is 20.9 Å². The summed E-state index contributed by atoms with van der Waals surface area (Å²) in [4.78, 5) is 4.21. The third-order valence-corrected chi connectivity index (χ3v) is 3.40. The van der Waals surface area contributed by atoms with Crippen LogP contribution >= 0.6 is 15.9 Å². The Bertz CT molecular complexity index is 524. The molecule has 0 bridgehead atoms. The standard InChI is InChI=1S/C12H13BrFN3/c1-17-5-4-16-12(17)7-11(15)9-6-8(14)2-3-10(9)13/h2-6,11H,7,15H2,1H3. The lowest BCUT2D eigenvalue weighted by molar-refractivity contribution is 0.611. The van der Waals surface area contributed by atoms with Crippen LogP contribution in [0.2, 0.25) is 0 Å². The number of imidazole rings is 1. The summed E-state index contributed by atoms with van der Waals surface area (Å²) in [6, 6.07) is 4.25. The molecule has 1 unspecified atom stereocenters. The van der Waals surface area contributed by atoms with Gasteiger partial charge in [0.25, 0.3) is 0 Å². The normalized spacial score (nSPS) is 12.7. The van der Waals surface area contributed by atoms with Gasteiger partial charge in [0.1, 0.15) is 11.6 Å². The number of rotatable bonds is 3. The molecule has 0 amide bonds. The van der Waals surface area contributed by atoms with Crippen molar-refractivity contribution in [2.45, 2.75) is 12.5 Å². The zero-order valence-electron chi connectivity index (χ0n) is 9.40. The van der Waals surface area contributed by atoms with Crippen LogP contribution in [0.3, 0.4) is 0 Å². The largest absolute Gasteiger partial charge is 0.338 e. The first-order valence-corrected chi connectivity index (χ1v) is 6.04. The molecule has 17 heavy (non-hydrogen) atoms. The maximum absolute atomic E-state index is 13.2. The molecule has 1 aromatic carbocycles. The fraction of sp³-hybridized carbons (Fsp3) is 0.250. The lowest BCUT2D eigenvalue weighted by atomic mass is 10.0. The summed E-state index contributed by atoms with van der Waals surface area (Å²) in [6.45, 7) is 0. The molecule has 0 spiro atoms. The van der Waals surface area contributed by atoms with Crippen molar-refractivity contribution in [3.8, 4) is 0 Å². The maximum Gasteiger partial charge on any atom is 0.123 e. The average Bonchev–Trinajstić information content (AvgIpc) is 2.68. The van der Waals surface area contributed by atoms with E-state index in [0.717, 1.165) is 15.9 Å². The molecule has 3 nitrogen and oxygen atoms in total. The predicted molar refractivity (Wildman–Crippen MR) is 67.9 cm³/mol. The molecule has 2 N–H and O–H groups in total. The Kier molecular flexibility index (Phi) is 3.59. The van der Waals surface area contributed by atoms with Crippen LogP contribution in [0.25, 0.3) is 0 Å². The van der Waals surface area contributed by atoms with Crippen LogP contribution in [-0.2, 0) is 13.5 Å². The molecular weight excluding hydrogens is 285 g/mol. The van der Waals surface area contributed by atoms with Gasteiger partial charge in [0.05, 0.1) is 0 Å². The highest BCUT2D eigenvalue weighted by Crippen LogP contribution is 2.24. The van der Waals surface area contributed by atoms with Crippen LogP contribution in [0.4, 0.5) is 4.39 Å². The number of aryl methyl sites for hydroxylation is 1.